The van der Waals surface area contributed by atoms with Crippen molar-refractivity contribution < 1.29 is 0 Å². The van der Waals surface area contributed by atoms with Gasteiger partial charge < -0.3 is 0 Å². The van der Waals surface area contributed by atoms with Crippen LogP contribution in [0, 0.1) is 0 Å². The largest absolute Gasteiger partial charge is 0.128 e. The van der Waals surface area contributed by atoms with Gasteiger partial charge in [-0.2, -0.15) is 0 Å². The molecule has 0 unspecified atom stereocenters. The van der Waals surface area contributed by atoms with Crippen LogP contribution in [0.5, 0.6) is 0 Å². The first-order chi connectivity index (χ1) is 12.7. The van der Waals surface area contributed by atoms with E-state index in [0.717, 1.165) is 0 Å². The van der Waals surface area contributed by atoms with Crippen LogP contribution in [-0.2, 0) is 0 Å². The fraction of sp³-hybridized carbons (Fsp3) is 0. The third-order valence-corrected chi connectivity index (χ3v) is 8.47. The van der Waals surface area contributed by atoms with E-state index in [1.807, 2.05) is 22.7 Å². The molecular weight excluding hydrogens is 488 g/mol. The Hall–Kier alpha value is -1.46. The van der Waals surface area contributed by atoms with E-state index in [2.05, 4.69) is 92.5 Å². The zero-order valence-electron chi connectivity index (χ0n) is 13.3. The Morgan fingerprint density at radius 3 is 1.27 bits per heavy atom. The quantitative estimate of drug-likeness (QED) is 0.183. The van der Waals surface area contributed by atoms with Gasteiger partial charge in [0.1, 0.15) is 0 Å². The third kappa shape index (κ3) is 2.10. The van der Waals surface area contributed by atoms with Gasteiger partial charge in [0.05, 0.1) is 7.57 Å². The number of hydrogen-bond acceptors (Lipinski definition) is 2. The number of fused-ring (bicyclic) bond motifs is 9. The molecule has 124 valence electrons. The lowest BCUT2D eigenvalue weighted by Gasteiger charge is -2.09. The van der Waals surface area contributed by atoms with Crippen molar-refractivity contribution in [2.24, 2.45) is 0 Å². The normalized spacial score (nSPS) is 12.2. The van der Waals surface area contributed by atoms with Crippen LogP contribution in [0.3, 0.4) is 0 Å². The van der Waals surface area contributed by atoms with Gasteiger partial charge in [0.2, 0.25) is 0 Å². The number of halogens is 2. The first-order valence-electron chi connectivity index (χ1n) is 8.24. The van der Waals surface area contributed by atoms with Gasteiger partial charge in [0, 0.05) is 20.2 Å². The molecule has 0 fully saturated rings. The zero-order chi connectivity index (χ0) is 17.4. The van der Waals surface area contributed by atoms with E-state index in [-0.39, 0.29) is 0 Å². The van der Waals surface area contributed by atoms with Crippen LogP contribution in [0.2, 0.25) is 0 Å². The molecule has 0 nitrogen and oxygen atoms in total. The van der Waals surface area contributed by atoms with Crippen LogP contribution >= 0.6 is 54.5 Å². The third-order valence-electron chi connectivity index (χ3n) is 5.09. The van der Waals surface area contributed by atoms with Gasteiger partial charge in [-0.1, -0.05) is 48.5 Å². The van der Waals surface area contributed by atoms with Crippen molar-refractivity contribution >= 4 is 107 Å². The minimum atomic E-state index is 1.18. The van der Waals surface area contributed by atoms with E-state index in [9.17, 15) is 0 Å². The molecule has 4 heteroatoms. The summed E-state index contributed by atoms with van der Waals surface area (Å²) in [6.45, 7) is 0. The Bertz CT molecular complexity index is 1390. The summed E-state index contributed by atoms with van der Waals surface area (Å²) in [7, 11) is 0. The van der Waals surface area contributed by atoms with E-state index in [1.165, 1.54) is 60.1 Å². The van der Waals surface area contributed by atoms with Gasteiger partial charge in [-0.15, -0.1) is 22.7 Å². The number of rotatable bonds is 0. The van der Waals surface area contributed by atoms with Crippen LogP contribution in [0.1, 0.15) is 0 Å². The number of hydrogen-bond donors (Lipinski definition) is 0. The molecule has 0 atom stereocenters. The molecule has 0 saturated heterocycles. The van der Waals surface area contributed by atoms with E-state index < -0.39 is 0 Å². The van der Waals surface area contributed by atoms with Gasteiger partial charge in [-0.3, -0.25) is 0 Å². The Morgan fingerprint density at radius 2 is 0.808 bits per heavy atom. The van der Waals surface area contributed by atoms with Crippen LogP contribution in [0.4, 0.5) is 0 Å². The van der Waals surface area contributed by atoms with Crippen molar-refractivity contribution in [3.05, 3.63) is 68.2 Å². The summed E-state index contributed by atoms with van der Waals surface area (Å²) < 4.78 is 5.08. The summed E-state index contributed by atoms with van der Waals surface area (Å²) in [5.74, 6) is 0. The predicted molar refractivity (Wildman–Crippen MR) is 125 cm³/mol. The Kier molecular flexibility index (Phi) is 3.31. The zero-order valence-corrected chi connectivity index (χ0v) is 18.2. The molecule has 0 spiro atoms. The SMILES string of the molecule is Brc1cc2ccc3c4ccc5c(ccc6cc(Br)sc65)c4ccc3c2s1. The van der Waals surface area contributed by atoms with Crippen molar-refractivity contribution in [1.29, 1.82) is 0 Å². The molecule has 6 rings (SSSR count). The van der Waals surface area contributed by atoms with Crippen LogP contribution in [0.25, 0.3) is 52.5 Å². The topological polar surface area (TPSA) is 0 Å². The average Bonchev–Trinajstić information content (AvgIpc) is 3.21. The fourth-order valence-electron chi connectivity index (χ4n) is 3.97. The molecule has 26 heavy (non-hydrogen) atoms. The van der Waals surface area contributed by atoms with E-state index in [4.69, 9.17) is 0 Å². The summed E-state index contributed by atoms with van der Waals surface area (Å²) in [5.41, 5.74) is 0. The molecule has 0 N–H and O–H groups in total. The van der Waals surface area contributed by atoms with Gasteiger partial charge in [-0.25, -0.2) is 0 Å². The molecule has 0 amide bonds. The summed E-state index contributed by atoms with van der Waals surface area (Å²) >= 11 is 10.9. The van der Waals surface area contributed by atoms with Crippen LogP contribution in [-0.4, -0.2) is 0 Å². The smallest absolute Gasteiger partial charge is 0.0711 e. The molecule has 0 aliphatic heterocycles. The van der Waals surface area contributed by atoms with E-state index in [1.54, 1.807) is 0 Å². The second-order valence-corrected chi connectivity index (χ2v) is 11.3. The Morgan fingerprint density at radius 1 is 0.462 bits per heavy atom. The van der Waals surface area contributed by atoms with Crippen molar-refractivity contribution in [3.63, 3.8) is 0 Å². The molecule has 2 heterocycles. The molecule has 0 bridgehead atoms. The molecule has 0 aliphatic carbocycles. The van der Waals surface area contributed by atoms with E-state index >= 15 is 0 Å². The maximum atomic E-state index is 3.63. The number of thiophene rings is 2. The molecule has 0 aliphatic rings. The highest BCUT2D eigenvalue weighted by molar-refractivity contribution is 9.11. The van der Waals surface area contributed by atoms with Crippen LogP contribution in [0.15, 0.2) is 68.2 Å². The Balaban J connectivity index is 1.81. The molecule has 6 aromatic rings. The van der Waals surface area contributed by atoms with Gasteiger partial charge in [-0.05, 0) is 76.3 Å². The van der Waals surface area contributed by atoms with E-state index in [0.29, 0.717) is 0 Å². The molecule has 0 radical (unpaired) electrons. The predicted octanol–water partition coefficient (Wildman–Crippen LogP) is 9.10. The monoisotopic (exact) mass is 496 g/mol. The fourth-order valence-corrected chi connectivity index (χ4v) is 7.26. The van der Waals surface area contributed by atoms with Crippen molar-refractivity contribution in [1.82, 2.24) is 0 Å². The van der Waals surface area contributed by atoms with Gasteiger partial charge in [0.25, 0.3) is 0 Å². The van der Waals surface area contributed by atoms with Gasteiger partial charge in [0.15, 0.2) is 0 Å². The minimum Gasteiger partial charge on any atom is -0.128 e. The summed E-state index contributed by atoms with van der Waals surface area (Å²) in [6, 6.07) is 22.6. The maximum absolute atomic E-state index is 3.63. The molecular formula is C22H10Br2S2. The first kappa shape index (κ1) is 15.6. The summed E-state index contributed by atoms with van der Waals surface area (Å²) in [6.07, 6.45) is 0. The Labute approximate surface area is 174 Å². The maximum Gasteiger partial charge on any atom is 0.0711 e. The van der Waals surface area contributed by atoms with Gasteiger partial charge >= 0.3 is 0 Å². The minimum absolute atomic E-state index is 1.18. The van der Waals surface area contributed by atoms with Crippen molar-refractivity contribution in [2.45, 2.75) is 0 Å². The summed E-state index contributed by atoms with van der Waals surface area (Å²) in [5, 5.41) is 10.6. The molecule has 4 aromatic carbocycles. The highest BCUT2D eigenvalue weighted by atomic mass is 79.9. The average molecular weight is 498 g/mol. The van der Waals surface area contributed by atoms with Crippen molar-refractivity contribution in [2.75, 3.05) is 0 Å². The second-order valence-electron chi connectivity index (χ2n) is 6.49. The second kappa shape index (κ2) is 5.52. The first-order valence-corrected chi connectivity index (χ1v) is 11.5. The molecule has 2 aromatic heterocycles. The standard InChI is InChI=1S/C22H10Br2S2/c23-19-9-11-1-3-15-13-5-8-18-16(4-2-12-10-20(24)26-22(12)18)14(13)6-7-17(15)21(11)25-19/h1-10H. The highest BCUT2D eigenvalue weighted by Crippen LogP contribution is 2.41. The lowest BCUT2D eigenvalue weighted by atomic mass is 9.96. The van der Waals surface area contributed by atoms with Crippen molar-refractivity contribution in [3.8, 4) is 0 Å². The molecule has 0 saturated carbocycles. The lowest BCUT2D eigenvalue weighted by molar-refractivity contribution is 1.86. The number of benzene rings is 4. The summed E-state index contributed by atoms with van der Waals surface area (Å²) in [4.78, 5) is 0. The highest BCUT2D eigenvalue weighted by Gasteiger charge is 2.11. The lowest BCUT2D eigenvalue weighted by Crippen LogP contribution is -1.81. The van der Waals surface area contributed by atoms with Crippen LogP contribution < -0.4 is 0 Å².